The maximum atomic E-state index is 12.0. The van der Waals surface area contributed by atoms with Gasteiger partial charge in [-0.15, -0.1) is 0 Å². The van der Waals surface area contributed by atoms with Gasteiger partial charge in [-0.3, -0.25) is 20.2 Å². The van der Waals surface area contributed by atoms with Crippen molar-refractivity contribution in [1.82, 2.24) is 0 Å². The molecular formula is C15H10N2O6. The Kier molecular flexibility index (Phi) is 4.78. The van der Waals surface area contributed by atoms with Crippen LogP contribution in [0.5, 0.6) is 5.75 Å². The third kappa shape index (κ3) is 4.21. The number of para-hydroxylation sites is 1. The van der Waals surface area contributed by atoms with Crippen LogP contribution in [0.25, 0.3) is 6.08 Å². The fraction of sp³-hybridized carbons (Fsp3) is 0. The van der Waals surface area contributed by atoms with Crippen LogP contribution in [0.3, 0.4) is 0 Å². The van der Waals surface area contributed by atoms with Gasteiger partial charge in [-0.1, -0.05) is 18.2 Å². The summed E-state index contributed by atoms with van der Waals surface area (Å²) in [6.07, 6.45) is 1.94. The van der Waals surface area contributed by atoms with E-state index in [9.17, 15) is 25.0 Å². The Morgan fingerprint density at radius 1 is 1.00 bits per heavy atom. The molecule has 0 bridgehead atoms. The third-order valence-electron chi connectivity index (χ3n) is 2.81. The van der Waals surface area contributed by atoms with Gasteiger partial charge >= 0.3 is 5.97 Å². The number of nitro groups is 2. The van der Waals surface area contributed by atoms with Crippen molar-refractivity contribution in [3.8, 4) is 5.75 Å². The Labute approximate surface area is 129 Å². The molecular weight excluding hydrogens is 304 g/mol. The largest absolute Gasteiger partial charge is 0.422 e. The zero-order valence-electron chi connectivity index (χ0n) is 11.6. The summed E-state index contributed by atoms with van der Waals surface area (Å²) in [6.45, 7) is 0. The third-order valence-corrected chi connectivity index (χ3v) is 2.81. The van der Waals surface area contributed by atoms with Crippen molar-refractivity contribution >= 4 is 17.7 Å². The molecule has 0 N–H and O–H groups in total. The number of esters is 1. The Morgan fingerprint density at radius 3 is 2.26 bits per heavy atom. The highest BCUT2D eigenvalue weighted by atomic mass is 16.6. The Bertz CT molecular complexity index is 783. The molecule has 23 heavy (non-hydrogen) atoms. The minimum absolute atomic E-state index is 0.128. The average molecular weight is 314 g/mol. The first kappa shape index (κ1) is 15.8. The lowest BCUT2D eigenvalue weighted by Gasteiger charge is -2.06. The van der Waals surface area contributed by atoms with Crippen molar-refractivity contribution in [1.29, 1.82) is 0 Å². The predicted molar refractivity (Wildman–Crippen MR) is 80.5 cm³/mol. The van der Waals surface area contributed by atoms with E-state index in [0.29, 0.717) is 5.56 Å². The molecule has 0 aliphatic heterocycles. The molecule has 0 aromatic heterocycles. The highest BCUT2D eigenvalue weighted by Gasteiger charge is 2.13. The summed E-state index contributed by atoms with van der Waals surface area (Å²) in [6, 6.07) is 11.2. The van der Waals surface area contributed by atoms with E-state index in [1.165, 1.54) is 36.4 Å². The van der Waals surface area contributed by atoms with Gasteiger partial charge in [-0.25, -0.2) is 4.79 Å². The van der Waals surface area contributed by atoms with E-state index in [2.05, 4.69) is 0 Å². The lowest BCUT2D eigenvalue weighted by atomic mass is 10.2. The maximum absolute atomic E-state index is 12.0. The van der Waals surface area contributed by atoms with Crippen molar-refractivity contribution in [3.05, 3.63) is 86.1 Å². The smallest absolute Gasteiger partial charge is 0.343 e. The van der Waals surface area contributed by atoms with Gasteiger partial charge in [0.15, 0.2) is 0 Å². The molecule has 0 aliphatic carbocycles. The Hall–Kier alpha value is -3.55. The van der Waals surface area contributed by atoms with E-state index in [1.807, 2.05) is 0 Å². The summed E-state index contributed by atoms with van der Waals surface area (Å²) < 4.78 is 5.18. The molecule has 0 amide bonds. The predicted octanol–water partition coefficient (Wildman–Crippen LogP) is 3.06. The first-order valence-corrected chi connectivity index (χ1v) is 6.35. The second kappa shape index (κ2) is 6.94. The maximum Gasteiger partial charge on any atom is 0.343 e. The highest BCUT2D eigenvalue weighted by molar-refractivity contribution is 5.91. The van der Waals surface area contributed by atoms with Crippen LogP contribution in [-0.4, -0.2) is 15.8 Å². The molecule has 0 saturated carbocycles. The summed E-state index contributed by atoms with van der Waals surface area (Å²) >= 11 is 0. The standard InChI is InChI=1S/C15H10N2O6/c18-15(12-5-7-13(8-6-12)17(21)22)23-14-4-2-1-3-11(14)9-10-16(19)20/h1-10H/b10-9+. The molecule has 0 unspecified atom stereocenters. The van der Waals surface area contributed by atoms with Crippen molar-refractivity contribution in [2.75, 3.05) is 0 Å². The van der Waals surface area contributed by atoms with Crippen LogP contribution in [0.1, 0.15) is 15.9 Å². The van der Waals surface area contributed by atoms with Crippen LogP contribution in [-0.2, 0) is 0 Å². The molecule has 0 radical (unpaired) electrons. The fourth-order valence-electron chi connectivity index (χ4n) is 1.73. The number of hydrogen-bond donors (Lipinski definition) is 0. The number of nitrogens with zero attached hydrogens (tertiary/aromatic N) is 2. The molecule has 0 atom stereocenters. The van der Waals surface area contributed by atoms with E-state index < -0.39 is 15.8 Å². The van der Waals surface area contributed by atoms with Crippen LogP contribution < -0.4 is 4.74 Å². The lowest BCUT2D eigenvalue weighted by Crippen LogP contribution is -2.09. The quantitative estimate of drug-likeness (QED) is 0.363. The molecule has 0 heterocycles. The number of nitro benzene ring substituents is 1. The van der Waals surface area contributed by atoms with Gasteiger partial charge in [-0.2, -0.15) is 0 Å². The van der Waals surface area contributed by atoms with Crippen LogP contribution in [0.2, 0.25) is 0 Å². The molecule has 8 heteroatoms. The molecule has 0 aliphatic rings. The Morgan fingerprint density at radius 2 is 1.65 bits per heavy atom. The first-order valence-electron chi connectivity index (χ1n) is 6.35. The van der Waals surface area contributed by atoms with Crippen LogP contribution in [0, 0.1) is 20.2 Å². The van der Waals surface area contributed by atoms with Crippen molar-refractivity contribution < 1.29 is 19.4 Å². The molecule has 0 spiro atoms. The van der Waals surface area contributed by atoms with E-state index in [0.717, 1.165) is 6.20 Å². The molecule has 0 saturated heterocycles. The van der Waals surface area contributed by atoms with Crippen LogP contribution in [0.4, 0.5) is 5.69 Å². The van der Waals surface area contributed by atoms with Gasteiger partial charge < -0.3 is 4.74 Å². The molecule has 2 aromatic rings. The van der Waals surface area contributed by atoms with E-state index in [4.69, 9.17) is 4.74 Å². The molecule has 2 aromatic carbocycles. The fourth-order valence-corrected chi connectivity index (χ4v) is 1.73. The van der Waals surface area contributed by atoms with Crippen LogP contribution >= 0.6 is 0 Å². The molecule has 0 fully saturated rings. The van der Waals surface area contributed by atoms with E-state index in [1.54, 1.807) is 18.2 Å². The summed E-state index contributed by atoms with van der Waals surface area (Å²) in [5.41, 5.74) is 0.346. The zero-order chi connectivity index (χ0) is 16.8. The second-order valence-electron chi connectivity index (χ2n) is 4.33. The van der Waals surface area contributed by atoms with Gasteiger partial charge in [0.2, 0.25) is 6.20 Å². The number of carbonyl (C=O) groups excluding carboxylic acids is 1. The SMILES string of the molecule is O=C(Oc1ccccc1/C=C/[N+](=O)[O-])c1ccc([N+](=O)[O-])cc1. The normalized spacial score (nSPS) is 10.4. The lowest BCUT2D eigenvalue weighted by molar-refractivity contribution is -0.400. The first-order chi connectivity index (χ1) is 11.0. The number of carbonyl (C=O) groups is 1. The number of non-ortho nitro benzene ring substituents is 1. The van der Waals surface area contributed by atoms with Gasteiger partial charge in [0, 0.05) is 23.8 Å². The second-order valence-corrected chi connectivity index (χ2v) is 4.33. The number of hydrogen-bond acceptors (Lipinski definition) is 6. The van der Waals surface area contributed by atoms with Crippen molar-refractivity contribution in [3.63, 3.8) is 0 Å². The van der Waals surface area contributed by atoms with Crippen molar-refractivity contribution in [2.24, 2.45) is 0 Å². The van der Waals surface area contributed by atoms with Gasteiger partial charge in [-0.05, 0) is 18.2 Å². The summed E-state index contributed by atoms with van der Waals surface area (Å²) in [7, 11) is 0. The number of benzene rings is 2. The molecule has 2 rings (SSSR count). The molecule has 116 valence electrons. The van der Waals surface area contributed by atoms with Crippen molar-refractivity contribution in [2.45, 2.75) is 0 Å². The summed E-state index contributed by atoms with van der Waals surface area (Å²) in [5.74, 6) is -0.573. The minimum Gasteiger partial charge on any atom is -0.422 e. The number of ether oxygens (including phenoxy) is 1. The number of rotatable bonds is 5. The minimum atomic E-state index is -0.721. The average Bonchev–Trinajstić information content (AvgIpc) is 2.54. The highest BCUT2D eigenvalue weighted by Crippen LogP contribution is 2.21. The van der Waals surface area contributed by atoms with E-state index >= 15 is 0 Å². The van der Waals surface area contributed by atoms with Gasteiger partial charge in [0.25, 0.3) is 5.69 Å². The van der Waals surface area contributed by atoms with Crippen LogP contribution in [0.15, 0.2) is 54.7 Å². The van der Waals surface area contributed by atoms with Gasteiger partial charge in [0.05, 0.1) is 15.4 Å². The Balaban J connectivity index is 2.20. The topological polar surface area (TPSA) is 113 Å². The summed E-state index contributed by atoms with van der Waals surface area (Å²) in [5, 5.41) is 20.9. The summed E-state index contributed by atoms with van der Waals surface area (Å²) in [4.78, 5) is 31.8. The molecule has 8 nitrogen and oxygen atoms in total. The van der Waals surface area contributed by atoms with Gasteiger partial charge in [0.1, 0.15) is 5.75 Å². The zero-order valence-corrected chi connectivity index (χ0v) is 11.6. The van der Waals surface area contributed by atoms with E-state index in [-0.39, 0.29) is 17.0 Å². The monoisotopic (exact) mass is 314 g/mol.